The van der Waals surface area contributed by atoms with Crippen molar-refractivity contribution in [2.45, 2.75) is 18.9 Å². The van der Waals surface area contributed by atoms with Crippen molar-refractivity contribution < 1.29 is 19.4 Å². The molecule has 5 nitrogen and oxygen atoms in total. The summed E-state index contributed by atoms with van der Waals surface area (Å²) in [5, 5.41) is 9.96. The van der Waals surface area contributed by atoms with Crippen LogP contribution < -0.4 is 0 Å². The highest BCUT2D eigenvalue weighted by atomic mass is 16.5. The molecule has 0 saturated carbocycles. The Kier molecular flexibility index (Phi) is 6.66. The monoisotopic (exact) mass is 293 g/mol. The van der Waals surface area contributed by atoms with Gasteiger partial charge in [0.1, 0.15) is 0 Å². The van der Waals surface area contributed by atoms with Crippen molar-refractivity contribution in [3.63, 3.8) is 0 Å². The molecule has 1 aliphatic heterocycles. The first-order valence-electron chi connectivity index (χ1n) is 7.46. The molecule has 1 unspecified atom stereocenters. The number of benzene rings is 1. The van der Waals surface area contributed by atoms with E-state index < -0.39 is 0 Å². The summed E-state index contributed by atoms with van der Waals surface area (Å²) < 4.78 is 10.5. The molecule has 116 valence electrons. The summed E-state index contributed by atoms with van der Waals surface area (Å²) in [6.45, 7) is 4.23. The van der Waals surface area contributed by atoms with E-state index in [1.807, 2.05) is 18.2 Å². The Morgan fingerprint density at radius 1 is 1.29 bits per heavy atom. The van der Waals surface area contributed by atoms with Crippen molar-refractivity contribution in [3.05, 3.63) is 35.9 Å². The number of aliphatic hydroxyl groups is 1. The van der Waals surface area contributed by atoms with E-state index in [-0.39, 0.29) is 12.1 Å². The molecule has 1 heterocycles. The summed E-state index contributed by atoms with van der Waals surface area (Å²) >= 11 is 0. The van der Waals surface area contributed by atoms with Crippen LogP contribution in [0.5, 0.6) is 0 Å². The van der Waals surface area contributed by atoms with Crippen LogP contribution in [0.1, 0.15) is 23.2 Å². The van der Waals surface area contributed by atoms with E-state index >= 15 is 0 Å². The topological polar surface area (TPSA) is 59.0 Å². The maximum atomic E-state index is 11.7. The van der Waals surface area contributed by atoms with Crippen LogP contribution in [0.15, 0.2) is 30.3 Å². The molecule has 21 heavy (non-hydrogen) atoms. The summed E-state index contributed by atoms with van der Waals surface area (Å²) in [5.74, 6) is -0.307. The van der Waals surface area contributed by atoms with Gasteiger partial charge in [0, 0.05) is 19.6 Å². The van der Waals surface area contributed by atoms with Crippen molar-refractivity contribution in [1.29, 1.82) is 0 Å². The van der Waals surface area contributed by atoms with Crippen LogP contribution in [-0.4, -0.2) is 61.5 Å². The summed E-state index contributed by atoms with van der Waals surface area (Å²) in [6.07, 6.45) is 0.933. The second-order valence-electron chi connectivity index (χ2n) is 5.21. The molecule has 0 spiro atoms. The Labute approximate surface area is 125 Å². The Morgan fingerprint density at radius 2 is 2.00 bits per heavy atom. The third kappa shape index (κ3) is 5.83. The summed E-state index contributed by atoms with van der Waals surface area (Å²) in [6, 6.07) is 8.94. The quantitative estimate of drug-likeness (QED) is 0.607. The summed E-state index contributed by atoms with van der Waals surface area (Å²) in [5.41, 5.74) is 0.561. The molecule has 0 aliphatic carbocycles. The highest BCUT2D eigenvalue weighted by molar-refractivity contribution is 5.89. The van der Waals surface area contributed by atoms with Crippen LogP contribution in [0.25, 0.3) is 0 Å². The molecule has 1 atom stereocenters. The molecule has 1 aliphatic rings. The lowest BCUT2D eigenvalue weighted by Crippen LogP contribution is -2.40. The molecule has 1 saturated heterocycles. The van der Waals surface area contributed by atoms with E-state index in [4.69, 9.17) is 9.47 Å². The van der Waals surface area contributed by atoms with Gasteiger partial charge in [-0.25, -0.2) is 4.79 Å². The Bertz CT molecular complexity index is 418. The molecule has 1 aromatic carbocycles. The lowest BCUT2D eigenvalue weighted by Gasteiger charge is -2.28. The van der Waals surface area contributed by atoms with Gasteiger partial charge in [-0.15, -0.1) is 0 Å². The van der Waals surface area contributed by atoms with E-state index in [0.29, 0.717) is 31.6 Å². The second kappa shape index (κ2) is 8.77. The van der Waals surface area contributed by atoms with Crippen LogP contribution in [0.2, 0.25) is 0 Å². The predicted molar refractivity (Wildman–Crippen MR) is 79.2 cm³/mol. The van der Waals surface area contributed by atoms with E-state index in [1.165, 1.54) is 0 Å². The van der Waals surface area contributed by atoms with E-state index in [2.05, 4.69) is 4.90 Å². The zero-order valence-electron chi connectivity index (χ0n) is 12.2. The highest BCUT2D eigenvalue weighted by Crippen LogP contribution is 2.05. The summed E-state index contributed by atoms with van der Waals surface area (Å²) in [7, 11) is 0. The maximum Gasteiger partial charge on any atom is 0.338 e. The van der Waals surface area contributed by atoms with Crippen LogP contribution in [0.3, 0.4) is 0 Å². The minimum atomic E-state index is -0.376. The van der Waals surface area contributed by atoms with Gasteiger partial charge >= 0.3 is 5.97 Å². The highest BCUT2D eigenvalue weighted by Gasteiger charge is 2.14. The zero-order valence-corrected chi connectivity index (χ0v) is 12.2. The largest absolute Gasteiger partial charge is 0.462 e. The minimum absolute atomic E-state index is 0.307. The number of aliphatic hydroxyl groups excluding tert-OH is 1. The molecule has 5 heteroatoms. The van der Waals surface area contributed by atoms with Gasteiger partial charge in [0.2, 0.25) is 0 Å². The number of hydrogen-bond acceptors (Lipinski definition) is 5. The van der Waals surface area contributed by atoms with Gasteiger partial charge in [0.15, 0.2) is 0 Å². The zero-order chi connectivity index (χ0) is 14.9. The van der Waals surface area contributed by atoms with Gasteiger partial charge in [-0.2, -0.15) is 0 Å². The van der Waals surface area contributed by atoms with Gasteiger partial charge in [0.25, 0.3) is 0 Å². The smallest absolute Gasteiger partial charge is 0.338 e. The van der Waals surface area contributed by atoms with E-state index in [1.54, 1.807) is 12.1 Å². The lowest BCUT2D eigenvalue weighted by molar-refractivity contribution is 0.0109. The minimum Gasteiger partial charge on any atom is -0.462 e. The Morgan fingerprint density at radius 3 is 2.71 bits per heavy atom. The van der Waals surface area contributed by atoms with Gasteiger partial charge in [-0.1, -0.05) is 18.2 Å². The van der Waals surface area contributed by atoms with Crippen LogP contribution in [0.4, 0.5) is 0 Å². The van der Waals surface area contributed by atoms with E-state index in [9.17, 15) is 9.90 Å². The van der Waals surface area contributed by atoms with Crippen LogP contribution in [0, 0.1) is 0 Å². The molecule has 0 bridgehead atoms. The van der Waals surface area contributed by atoms with Crippen molar-refractivity contribution in [2.24, 2.45) is 0 Å². The van der Waals surface area contributed by atoms with Gasteiger partial charge in [0.05, 0.1) is 31.5 Å². The van der Waals surface area contributed by atoms with Crippen molar-refractivity contribution in [3.8, 4) is 0 Å². The third-order valence-electron chi connectivity index (χ3n) is 3.50. The number of rotatable bonds is 7. The van der Waals surface area contributed by atoms with Gasteiger partial charge in [-0.3, -0.25) is 4.90 Å². The van der Waals surface area contributed by atoms with Crippen LogP contribution in [-0.2, 0) is 9.47 Å². The summed E-state index contributed by atoms with van der Waals surface area (Å²) in [4.78, 5) is 13.9. The molecule has 1 fully saturated rings. The number of morpholine rings is 1. The molecular weight excluding hydrogens is 270 g/mol. The Balaban J connectivity index is 1.57. The lowest BCUT2D eigenvalue weighted by atomic mass is 10.2. The number of carbonyl (C=O) groups is 1. The predicted octanol–water partition coefficient (Wildman–Crippen LogP) is 1.32. The molecule has 2 rings (SSSR count). The number of carbonyl (C=O) groups excluding carboxylic acids is 1. The maximum absolute atomic E-state index is 11.7. The first-order chi connectivity index (χ1) is 10.3. The first kappa shape index (κ1) is 15.9. The normalized spacial score (nSPS) is 17.4. The fraction of sp³-hybridized carbons (Fsp3) is 0.562. The van der Waals surface area contributed by atoms with Crippen molar-refractivity contribution in [1.82, 2.24) is 4.90 Å². The van der Waals surface area contributed by atoms with Gasteiger partial charge in [-0.05, 0) is 25.0 Å². The fourth-order valence-corrected chi connectivity index (χ4v) is 2.31. The van der Waals surface area contributed by atoms with Gasteiger partial charge < -0.3 is 14.6 Å². The number of ether oxygens (including phenoxy) is 2. The molecule has 1 N–H and O–H groups in total. The first-order valence-corrected chi connectivity index (χ1v) is 7.46. The van der Waals surface area contributed by atoms with Crippen molar-refractivity contribution in [2.75, 3.05) is 39.5 Å². The molecule has 0 aromatic heterocycles. The average molecular weight is 293 g/mol. The second-order valence-corrected chi connectivity index (χ2v) is 5.21. The SMILES string of the molecule is O=C(OCCCC(O)CN1CCOCC1)c1ccccc1. The Hall–Kier alpha value is -1.43. The average Bonchev–Trinajstić information content (AvgIpc) is 2.53. The molecule has 0 amide bonds. The fourth-order valence-electron chi connectivity index (χ4n) is 2.31. The van der Waals surface area contributed by atoms with Crippen molar-refractivity contribution >= 4 is 5.97 Å². The van der Waals surface area contributed by atoms with E-state index in [0.717, 1.165) is 26.3 Å². The number of nitrogens with zero attached hydrogens (tertiary/aromatic N) is 1. The van der Waals surface area contributed by atoms with Crippen LogP contribution >= 0.6 is 0 Å². The number of β-amino-alcohol motifs (C(OH)–C–C–N with tert-alkyl or cyclic N) is 1. The molecule has 1 aromatic rings. The molecular formula is C16H23NO4. The number of hydrogen-bond donors (Lipinski definition) is 1. The molecule has 0 radical (unpaired) electrons. The standard InChI is InChI=1S/C16H23NO4/c18-15(13-17-8-11-20-12-9-17)7-4-10-21-16(19)14-5-2-1-3-6-14/h1-3,5-6,15,18H,4,7-13H2. The third-order valence-corrected chi connectivity index (χ3v) is 3.50. The number of esters is 1.